The van der Waals surface area contributed by atoms with Gasteiger partial charge in [0.25, 0.3) is 5.91 Å². The summed E-state index contributed by atoms with van der Waals surface area (Å²) in [5.74, 6) is -0.476. The van der Waals surface area contributed by atoms with Crippen molar-refractivity contribution in [3.63, 3.8) is 0 Å². The van der Waals surface area contributed by atoms with Gasteiger partial charge in [-0.2, -0.15) is 0 Å². The van der Waals surface area contributed by atoms with Gasteiger partial charge in [0.2, 0.25) is 5.91 Å². The SMILES string of the molecule is O=C(NC(Cc1ccccc1)c1ccccc1)c1cccc(CN2C(=O)CNC2=O)c1. The average Bonchev–Trinajstić information content (AvgIpc) is 3.12. The van der Waals surface area contributed by atoms with Crippen LogP contribution in [0.4, 0.5) is 4.79 Å². The van der Waals surface area contributed by atoms with Crippen LogP contribution in [0.2, 0.25) is 0 Å². The molecule has 1 heterocycles. The summed E-state index contributed by atoms with van der Waals surface area (Å²) in [4.78, 5) is 37.9. The van der Waals surface area contributed by atoms with Crippen molar-refractivity contribution in [1.82, 2.24) is 15.5 Å². The number of urea groups is 1. The molecule has 3 aromatic rings. The van der Waals surface area contributed by atoms with E-state index in [0.29, 0.717) is 12.0 Å². The summed E-state index contributed by atoms with van der Waals surface area (Å²) >= 11 is 0. The van der Waals surface area contributed by atoms with Crippen LogP contribution >= 0.6 is 0 Å². The molecule has 31 heavy (non-hydrogen) atoms. The second-order valence-corrected chi connectivity index (χ2v) is 7.47. The highest BCUT2D eigenvalue weighted by molar-refractivity contribution is 6.02. The van der Waals surface area contributed by atoms with E-state index >= 15 is 0 Å². The first-order chi connectivity index (χ1) is 15.1. The molecule has 4 rings (SSSR count). The van der Waals surface area contributed by atoms with Gasteiger partial charge in [-0.1, -0.05) is 72.8 Å². The number of benzene rings is 3. The van der Waals surface area contributed by atoms with Gasteiger partial charge in [-0.25, -0.2) is 4.79 Å². The number of carbonyl (C=O) groups excluding carboxylic acids is 3. The lowest BCUT2D eigenvalue weighted by Crippen LogP contribution is -2.31. The number of nitrogens with zero attached hydrogens (tertiary/aromatic N) is 1. The molecule has 1 aliphatic rings. The predicted octanol–water partition coefficient (Wildman–Crippen LogP) is 3.45. The van der Waals surface area contributed by atoms with Crippen LogP contribution in [0.15, 0.2) is 84.9 Å². The topological polar surface area (TPSA) is 78.5 Å². The Bertz CT molecular complexity index is 1070. The van der Waals surface area contributed by atoms with Gasteiger partial charge in [0, 0.05) is 5.56 Å². The fourth-order valence-corrected chi connectivity index (χ4v) is 3.64. The van der Waals surface area contributed by atoms with Gasteiger partial charge in [0.15, 0.2) is 0 Å². The van der Waals surface area contributed by atoms with Crippen molar-refractivity contribution in [2.45, 2.75) is 19.0 Å². The van der Waals surface area contributed by atoms with E-state index in [1.807, 2.05) is 60.7 Å². The van der Waals surface area contributed by atoms with Gasteiger partial charge in [-0.3, -0.25) is 14.5 Å². The maximum atomic E-state index is 13.1. The Morgan fingerprint density at radius 1 is 0.903 bits per heavy atom. The summed E-state index contributed by atoms with van der Waals surface area (Å²) < 4.78 is 0. The zero-order chi connectivity index (χ0) is 21.6. The van der Waals surface area contributed by atoms with E-state index in [0.717, 1.165) is 21.6 Å². The van der Waals surface area contributed by atoms with Crippen molar-refractivity contribution in [3.05, 3.63) is 107 Å². The van der Waals surface area contributed by atoms with Crippen molar-refractivity contribution < 1.29 is 14.4 Å². The van der Waals surface area contributed by atoms with Crippen LogP contribution in [0.3, 0.4) is 0 Å². The summed E-state index contributed by atoms with van der Waals surface area (Å²) in [5, 5.41) is 5.64. The number of imide groups is 1. The molecule has 0 spiro atoms. The van der Waals surface area contributed by atoms with Gasteiger partial charge in [0.1, 0.15) is 0 Å². The van der Waals surface area contributed by atoms with E-state index in [4.69, 9.17) is 0 Å². The van der Waals surface area contributed by atoms with E-state index in [2.05, 4.69) is 10.6 Å². The van der Waals surface area contributed by atoms with Crippen LogP contribution in [0, 0.1) is 0 Å². The molecule has 0 radical (unpaired) electrons. The molecule has 0 saturated carbocycles. The molecule has 1 saturated heterocycles. The third-order valence-corrected chi connectivity index (χ3v) is 5.26. The number of hydrogen-bond acceptors (Lipinski definition) is 3. The van der Waals surface area contributed by atoms with Crippen LogP contribution in [-0.2, 0) is 17.8 Å². The number of nitrogens with one attached hydrogen (secondary N) is 2. The Hall–Kier alpha value is -3.93. The van der Waals surface area contributed by atoms with Crippen LogP contribution < -0.4 is 10.6 Å². The van der Waals surface area contributed by atoms with Gasteiger partial charge in [0.05, 0.1) is 19.1 Å². The first-order valence-corrected chi connectivity index (χ1v) is 10.2. The van der Waals surface area contributed by atoms with E-state index in [1.165, 1.54) is 0 Å². The van der Waals surface area contributed by atoms with Crippen molar-refractivity contribution in [2.75, 3.05) is 6.54 Å². The van der Waals surface area contributed by atoms with E-state index in [9.17, 15) is 14.4 Å². The minimum Gasteiger partial charge on any atom is -0.345 e. The fraction of sp³-hybridized carbons (Fsp3) is 0.160. The van der Waals surface area contributed by atoms with E-state index in [-0.39, 0.29) is 30.9 Å². The van der Waals surface area contributed by atoms with E-state index in [1.54, 1.807) is 24.3 Å². The second kappa shape index (κ2) is 9.26. The van der Waals surface area contributed by atoms with Crippen LogP contribution in [0.1, 0.15) is 33.1 Å². The summed E-state index contributed by atoms with van der Waals surface area (Å²) in [7, 11) is 0. The van der Waals surface area contributed by atoms with Crippen molar-refractivity contribution in [2.24, 2.45) is 0 Å². The molecule has 1 fully saturated rings. The van der Waals surface area contributed by atoms with Gasteiger partial charge in [-0.15, -0.1) is 0 Å². The standard InChI is InChI=1S/C25H23N3O3/c29-23-16-26-25(31)28(23)17-19-10-7-13-21(14-19)24(30)27-22(20-11-5-2-6-12-20)15-18-8-3-1-4-9-18/h1-14,22H,15-17H2,(H,26,31)(H,27,30). The molecule has 4 amide bonds. The zero-order valence-corrected chi connectivity index (χ0v) is 17.0. The normalized spacial score (nSPS) is 14.3. The molecule has 1 aliphatic heterocycles. The smallest absolute Gasteiger partial charge is 0.324 e. The molecule has 156 valence electrons. The molecule has 0 bridgehead atoms. The monoisotopic (exact) mass is 413 g/mol. The average molecular weight is 413 g/mol. The summed E-state index contributed by atoms with van der Waals surface area (Å²) in [6.45, 7) is 0.148. The Kier molecular flexibility index (Phi) is 6.08. The zero-order valence-electron chi connectivity index (χ0n) is 17.0. The minimum atomic E-state index is -0.410. The lowest BCUT2D eigenvalue weighted by Gasteiger charge is -2.20. The lowest BCUT2D eigenvalue weighted by molar-refractivity contribution is -0.125. The number of hydrogen-bond donors (Lipinski definition) is 2. The Labute approximate surface area is 180 Å². The summed E-state index contributed by atoms with van der Waals surface area (Å²) in [6, 6.07) is 26.3. The quantitative estimate of drug-likeness (QED) is 0.583. The highest BCUT2D eigenvalue weighted by atomic mass is 16.2. The number of amides is 4. The Morgan fingerprint density at radius 2 is 1.58 bits per heavy atom. The molecule has 0 aliphatic carbocycles. The molecule has 3 aromatic carbocycles. The molecule has 1 unspecified atom stereocenters. The molecule has 2 N–H and O–H groups in total. The number of rotatable bonds is 7. The van der Waals surface area contributed by atoms with Gasteiger partial charge < -0.3 is 10.6 Å². The third kappa shape index (κ3) is 4.98. The third-order valence-electron chi connectivity index (χ3n) is 5.26. The second-order valence-electron chi connectivity index (χ2n) is 7.47. The summed E-state index contributed by atoms with van der Waals surface area (Å²) in [6.07, 6.45) is 0.665. The maximum Gasteiger partial charge on any atom is 0.324 e. The highest BCUT2D eigenvalue weighted by Crippen LogP contribution is 2.20. The number of carbonyl (C=O) groups is 3. The largest absolute Gasteiger partial charge is 0.345 e. The minimum absolute atomic E-state index is 0.0112. The lowest BCUT2D eigenvalue weighted by atomic mass is 9.98. The van der Waals surface area contributed by atoms with Crippen LogP contribution in [-0.4, -0.2) is 29.3 Å². The molecule has 6 nitrogen and oxygen atoms in total. The molecule has 6 heteroatoms. The van der Waals surface area contributed by atoms with Crippen LogP contribution in [0.5, 0.6) is 0 Å². The van der Waals surface area contributed by atoms with Crippen molar-refractivity contribution in [3.8, 4) is 0 Å². The summed E-state index contributed by atoms with van der Waals surface area (Å²) in [5.41, 5.74) is 3.36. The van der Waals surface area contributed by atoms with Crippen LogP contribution in [0.25, 0.3) is 0 Å². The highest BCUT2D eigenvalue weighted by Gasteiger charge is 2.28. The molecular formula is C25H23N3O3. The van der Waals surface area contributed by atoms with Crippen molar-refractivity contribution >= 4 is 17.8 Å². The molecular weight excluding hydrogens is 390 g/mol. The fourth-order valence-electron chi connectivity index (χ4n) is 3.64. The Morgan fingerprint density at radius 3 is 2.26 bits per heavy atom. The first kappa shape index (κ1) is 20.3. The maximum absolute atomic E-state index is 13.1. The molecule has 1 atom stereocenters. The van der Waals surface area contributed by atoms with Gasteiger partial charge >= 0.3 is 6.03 Å². The molecule has 0 aromatic heterocycles. The van der Waals surface area contributed by atoms with Crippen molar-refractivity contribution in [1.29, 1.82) is 0 Å². The Balaban J connectivity index is 1.52. The predicted molar refractivity (Wildman–Crippen MR) is 117 cm³/mol. The first-order valence-electron chi connectivity index (χ1n) is 10.2. The van der Waals surface area contributed by atoms with E-state index < -0.39 is 6.03 Å². The van der Waals surface area contributed by atoms with Gasteiger partial charge in [-0.05, 0) is 35.2 Å².